The third-order valence-corrected chi connectivity index (χ3v) is 7.15. The van der Waals surface area contributed by atoms with Gasteiger partial charge in [-0.25, -0.2) is 0 Å². The van der Waals surface area contributed by atoms with Crippen molar-refractivity contribution in [2.75, 3.05) is 38.5 Å². The highest BCUT2D eigenvalue weighted by atomic mass is 32.2. The van der Waals surface area contributed by atoms with Gasteiger partial charge in [0, 0.05) is 47.7 Å². The Morgan fingerprint density at radius 3 is 2.93 bits per heavy atom. The van der Waals surface area contributed by atoms with Crippen LogP contribution in [0.15, 0.2) is 53.4 Å². The number of hydrogen-bond acceptors (Lipinski definition) is 4. The summed E-state index contributed by atoms with van der Waals surface area (Å²) in [4.78, 5) is 7.70. The molecule has 5 heteroatoms. The van der Waals surface area contributed by atoms with E-state index in [9.17, 15) is 0 Å². The van der Waals surface area contributed by atoms with Crippen molar-refractivity contribution in [3.63, 3.8) is 0 Å². The SMILES string of the molecule is CCSc1ccc2[nH]c3c(c2c1)CCNC31CCN(CCOc2ccccc2)C1. The molecule has 3 aromatic rings. The summed E-state index contributed by atoms with van der Waals surface area (Å²) in [7, 11) is 0. The zero-order chi connectivity index (χ0) is 19.7. The summed E-state index contributed by atoms with van der Waals surface area (Å²) in [6, 6.07) is 17.0. The van der Waals surface area contributed by atoms with Gasteiger partial charge in [-0.15, -0.1) is 11.8 Å². The van der Waals surface area contributed by atoms with E-state index in [1.807, 2.05) is 42.1 Å². The second-order valence-electron chi connectivity index (χ2n) is 8.07. The number of rotatable bonds is 6. The molecule has 1 aromatic heterocycles. The maximum Gasteiger partial charge on any atom is 0.119 e. The van der Waals surface area contributed by atoms with Crippen LogP contribution in [0.3, 0.4) is 0 Å². The maximum atomic E-state index is 5.93. The zero-order valence-electron chi connectivity index (χ0n) is 17.0. The molecule has 0 bridgehead atoms. The van der Waals surface area contributed by atoms with E-state index in [0.29, 0.717) is 0 Å². The molecule has 2 N–H and O–H groups in total. The highest BCUT2D eigenvalue weighted by Crippen LogP contribution is 2.40. The van der Waals surface area contributed by atoms with Crippen LogP contribution in [0, 0.1) is 0 Å². The summed E-state index contributed by atoms with van der Waals surface area (Å²) in [5.74, 6) is 2.07. The Morgan fingerprint density at radius 2 is 2.07 bits per heavy atom. The molecule has 0 saturated carbocycles. The molecule has 2 aliphatic heterocycles. The number of nitrogens with one attached hydrogen (secondary N) is 2. The fraction of sp³-hybridized carbons (Fsp3) is 0.417. The van der Waals surface area contributed by atoms with Crippen molar-refractivity contribution in [3.8, 4) is 5.75 Å². The van der Waals surface area contributed by atoms with E-state index in [1.54, 1.807) is 0 Å². The normalized spacial score (nSPS) is 21.7. The lowest BCUT2D eigenvalue weighted by Crippen LogP contribution is -2.49. The van der Waals surface area contributed by atoms with Gasteiger partial charge in [0.2, 0.25) is 0 Å². The van der Waals surface area contributed by atoms with E-state index in [2.05, 4.69) is 40.3 Å². The van der Waals surface area contributed by atoms with E-state index in [4.69, 9.17) is 4.74 Å². The quantitative estimate of drug-likeness (QED) is 0.594. The highest BCUT2D eigenvalue weighted by molar-refractivity contribution is 7.99. The predicted molar refractivity (Wildman–Crippen MR) is 121 cm³/mol. The summed E-state index contributed by atoms with van der Waals surface area (Å²) < 4.78 is 5.93. The first-order valence-corrected chi connectivity index (χ1v) is 11.7. The van der Waals surface area contributed by atoms with Gasteiger partial charge in [0.05, 0.1) is 5.54 Å². The first kappa shape index (κ1) is 19.0. The molecule has 3 heterocycles. The largest absolute Gasteiger partial charge is 0.492 e. The predicted octanol–water partition coefficient (Wildman–Crippen LogP) is 4.41. The Bertz CT molecular complexity index is 986. The third kappa shape index (κ3) is 3.67. The number of ether oxygens (including phenoxy) is 1. The highest BCUT2D eigenvalue weighted by Gasteiger charge is 2.43. The molecule has 0 aliphatic carbocycles. The Kier molecular flexibility index (Phi) is 5.29. The van der Waals surface area contributed by atoms with Crippen LogP contribution in [0.4, 0.5) is 0 Å². The molecular weight excluding hydrogens is 378 g/mol. The van der Waals surface area contributed by atoms with E-state index >= 15 is 0 Å². The van der Waals surface area contributed by atoms with Gasteiger partial charge in [-0.3, -0.25) is 4.90 Å². The Hall–Kier alpha value is -1.95. The van der Waals surface area contributed by atoms with Crippen LogP contribution in [-0.4, -0.2) is 48.4 Å². The first-order valence-electron chi connectivity index (χ1n) is 10.7. The second kappa shape index (κ2) is 8.05. The molecule has 29 heavy (non-hydrogen) atoms. The van der Waals surface area contributed by atoms with Crippen molar-refractivity contribution in [1.82, 2.24) is 15.2 Å². The lowest BCUT2D eigenvalue weighted by Gasteiger charge is -2.35. The number of benzene rings is 2. The number of aromatic nitrogens is 1. The number of fused-ring (bicyclic) bond motifs is 4. The van der Waals surface area contributed by atoms with Crippen LogP contribution in [0.5, 0.6) is 5.75 Å². The fourth-order valence-electron chi connectivity index (χ4n) is 4.90. The molecule has 2 aliphatic rings. The van der Waals surface area contributed by atoms with Crippen LogP contribution >= 0.6 is 11.8 Å². The Balaban J connectivity index is 1.32. The van der Waals surface area contributed by atoms with Gasteiger partial charge in [-0.2, -0.15) is 0 Å². The van der Waals surface area contributed by atoms with Gasteiger partial charge < -0.3 is 15.0 Å². The third-order valence-electron chi connectivity index (χ3n) is 6.27. The summed E-state index contributed by atoms with van der Waals surface area (Å²) in [5, 5.41) is 5.29. The lowest BCUT2D eigenvalue weighted by atomic mass is 9.86. The molecule has 2 aromatic carbocycles. The van der Waals surface area contributed by atoms with Crippen molar-refractivity contribution in [3.05, 3.63) is 59.8 Å². The molecule has 152 valence electrons. The molecule has 1 fully saturated rings. The minimum Gasteiger partial charge on any atom is -0.492 e. The maximum absolute atomic E-state index is 5.93. The number of aromatic amines is 1. The van der Waals surface area contributed by atoms with Crippen LogP contribution < -0.4 is 10.1 Å². The molecule has 1 saturated heterocycles. The van der Waals surface area contributed by atoms with E-state index in [1.165, 1.54) is 27.1 Å². The van der Waals surface area contributed by atoms with Gasteiger partial charge >= 0.3 is 0 Å². The van der Waals surface area contributed by atoms with Crippen LogP contribution in [0.1, 0.15) is 24.6 Å². The summed E-state index contributed by atoms with van der Waals surface area (Å²) >= 11 is 1.92. The fourth-order valence-corrected chi connectivity index (χ4v) is 5.60. The van der Waals surface area contributed by atoms with E-state index in [-0.39, 0.29) is 5.54 Å². The molecule has 1 unspecified atom stereocenters. The molecular formula is C24H29N3OS. The van der Waals surface area contributed by atoms with Gasteiger partial charge in [0.25, 0.3) is 0 Å². The second-order valence-corrected chi connectivity index (χ2v) is 9.40. The average molecular weight is 408 g/mol. The molecule has 5 rings (SSSR count). The monoisotopic (exact) mass is 407 g/mol. The van der Waals surface area contributed by atoms with Crippen LogP contribution in [-0.2, 0) is 12.0 Å². The summed E-state index contributed by atoms with van der Waals surface area (Å²) in [6.07, 6.45) is 2.25. The van der Waals surface area contributed by atoms with Gasteiger partial charge in [0.15, 0.2) is 0 Å². The molecule has 1 spiro atoms. The molecule has 1 atom stereocenters. The Labute approximate surface area is 177 Å². The Morgan fingerprint density at radius 1 is 1.17 bits per heavy atom. The number of para-hydroxylation sites is 1. The van der Waals surface area contributed by atoms with Crippen LogP contribution in [0.25, 0.3) is 10.9 Å². The molecule has 0 amide bonds. The standard InChI is InChI=1S/C24H29N3OS/c1-2-29-19-8-9-22-21(16-19)20-10-12-25-24(23(20)26-22)11-13-27(17-24)14-15-28-18-6-4-3-5-7-18/h3-9,16,25-26H,2,10-15,17H2,1H3. The zero-order valence-corrected chi connectivity index (χ0v) is 17.9. The van der Waals surface area contributed by atoms with Crippen molar-refractivity contribution >= 4 is 22.7 Å². The van der Waals surface area contributed by atoms with Crippen molar-refractivity contribution in [2.24, 2.45) is 0 Å². The summed E-state index contributed by atoms with van der Waals surface area (Å²) in [5.41, 5.74) is 4.28. The van der Waals surface area contributed by atoms with Crippen molar-refractivity contribution in [1.29, 1.82) is 0 Å². The van der Waals surface area contributed by atoms with Crippen molar-refractivity contribution in [2.45, 2.75) is 30.2 Å². The van der Waals surface area contributed by atoms with E-state index < -0.39 is 0 Å². The summed E-state index contributed by atoms with van der Waals surface area (Å²) in [6.45, 7) is 7.12. The van der Waals surface area contributed by atoms with Crippen molar-refractivity contribution < 1.29 is 4.74 Å². The number of H-pyrrole nitrogens is 1. The topological polar surface area (TPSA) is 40.3 Å². The van der Waals surface area contributed by atoms with Gasteiger partial charge in [0.1, 0.15) is 12.4 Å². The number of thioether (sulfide) groups is 1. The number of nitrogens with zero attached hydrogens (tertiary/aromatic N) is 1. The molecule has 4 nitrogen and oxygen atoms in total. The average Bonchev–Trinajstić information content (AvgIpc) is 3.32. The van der Waals surface area contributed by atoms with Gasteiger partial charge in [-0.05, 0) is 54.5 Å². The number of likely N-dealkylation sites (tertiary alicyclic amines) is 1. The van der Waals surface area contributed by atoms with Crippen LogP contribution in [0.2, 0.25) is 0 Å². The minimum absolute atomic E-state index is 0.0530. The minimum atomic E-state index is 0.0530. The molecule has 0 radical (unpaired) electrons. The first-order chi connectivity index (χ1) is 14.3. The lowest BCUT2D eigenvalue weighted by molar-refractivity contribution is 0.218. The number of hydrogen-bond donors (Lipinski definition) is 2. The smallest absolute Gasteiger partial charge is 0.119 e. The van der Waals surface area contributed by atoms with Gasteiger partial charge in [-0.1, -0.05) is 25.1 Å². The van der Waals surface area contributed by atoms with E-state index in [0.717, 1.165) is 57.1 Å².